The van der Waals surface area contributed by atoms with Crippen molar-refractivity contribution in [3.8, 4) is 0 Å². The van der Waals surface area contributed by atoms with E-state index in [0.717, 1.165) is 27.7 Å². The minimum atomic E-state index is -0.382. The number of ether oxygens (including phenoxy) is 1. The van der Waals surface area contributed by atoms with Crippen molar-refractivity contribution in [2.75, 3.05) is 12.0 Å². The third-order valence-corrected chi connectivity index (χ3v) is 4.98. The fourth-order valence-electron chi connectivity index (χ4n) is 3.69. The zero-order chi connectivity index (χ0) is 20.4. The summed E-state index contributed by atoms with van der Waals surface area (Å²) in [7, 11) is 3.35. The van der Waals surface area contributed by atoms with Gasteiger partial charge in [0.1, 0.15) is 0 Å². The van der Waals surface area contributed by atoms with Gasteiger partial charge in [-0.15, -0.1) is 0 Å². The second-order valence-electron chi connectivity index (χ2n) is 7.31. The lowest BCUT2D eigenvalue weighted by Crippen LogP contribution is -2.38. The van der Waals surface area contributed by atoms with Gasteiger partial charge in [0.15, 0.2) is 0 Å². The Morgan fingerprint density at radius 1 is 1.14 bits per heavy atom. The van der Waals surface area contributed by atoms with Crippen molar-refractivity contribution in [3.05, 3.63) is 65.4 Å². The SMILES string of the molecule is COC(=O)c1ccc(N(C(=O)Cc2cn(C)c3ccccc23)C(C)C)c(C)c1. The second kappa shape index (κ2) is 7.89. The number of methoxy groups -OCH3 is 1. The number of hydrogen-bond acceptors (Lipinski definition) is 3. The molecule has 0 radical (unpaired) electrons. The number of aryl methyl sites for hydroxylation is 2. The van der Waals surface area contributed by atoms with Crippen LogP contribution >= 0.6 is 0 Å². The van der Waals surface area contributed by atoms with Gasteiger partial charge in [-0.3, -0.25) is 4.79 Å². The highest BCUT2D eigenvalue weighted by Crippen LogP contribution is 2.27. The molecular weight excluding hydrogens is 352 g/mol. The first-order chi connectivity index (χ1) is 13.3. The van der Waals surface area contributed by atoms with Gasteiger partial charge in [0.25, 0.3) is 0 Å². The molecule has 0 saturated carbocycles. The van der Waals surface area contributed by atoms with Crippen LogP contribution in [0.5, 0.6) is 0 Å². The summed E-state index contributed by atoms with van der Waals surface area (Å²) in [5.41, 5.74) is 4.28. The van der Waals surface area contributed by atoms with Crippen molar-refractivity contribution >= 4 is 28.5 Å². The van der Waals surface area contributed by atoms with Crippen LogP contribution in [0.1, 0.15) is 35.3 Å². The van der Waals surface area contributed by atoms with Gasteiger partial charge in [-0.1, -0.05) is 18.2 Å². The molecule has 0 N–H and O–H groups in total. The van der Waals surface area contributed by atoms with Crippen LogP contribution in [-0.4, -0.2) is 29.6 Å². The quantitative estimate of drug-likeness (QED) is 0.624. The van der Waals surface area contributed by atoms with Crippen LogP contribution in [0.3, 0.4) is 0 Å². The van der Waals surface area contributed by atoms with Crippen LogP contribution in [0.15, 0.2) is 48.7 Å². The monoisotopic (exact) mass is 378 g/mol. The Bertz CT molecular complexity index is 1030. The van der Waals surface area contributed by atoms with Crippen LogP contribution in [0.2, 0.25) is 0 Å². The molecular formula is C23H26N2O3. The molecule has 0 aliphatic heterocycles. The number of aromatic nitrogens is 1. The van der Waals surface area contributed by atoms with E-state index in [2.05, 4.69) is 6.07 Å². The molecule has 0 saturated heterocycles. The summed E-state index contributed by atoms with van der Waals surface area (Å²) in [5, 5.41) is 1.10. The first kappa shape index (κ1) is 19.7. The number of anilines is 1. The molecule has 146 valence electrons. The lowest BCUT2D eigenvalue weighted by molar-refractivity contribution is -0.118. The van der Waals surface area contributed by atoms with Crippen molar-refractivity contribution in [1.29, 1.82) is 0 Å². The number of hydrogen-bond donors (Lipinski definition) is 0. The molecule has 28 heavy (non-hydrogen) atoms. The van der Waals surface area contributed by atoms with Crippen molar-refractivity contribution < 1.29 is 14.3 Å². The third kappa shape index (κ3) is 3.65. The minimum absolute atomic E-state index is 0.00912. The summed E-state index contributed by atoms with van der Waals surface area (Å²) in [6, 6.07) is 13.4. The summed E-state index contributed by atoms with van der Waals surface area (Å²) >= 11 is 0. The molecule has 0 bridgehead atoms. The van der Waals surface area contributed by atoms with Crippen molar-refractivity contribution in [3.63, 3.8) is 0 Å². The van der Waals surface area contributed by atoms with E-state index in [0.29, 0.717) is 12.0 Å². The summed E-state index contributed by atoms with van der Waals surface area (Å²) < 4.78 is 6.84. The van der Waals surface area contributed by atoms with Gasteiger partial charge < -0.3 is 14.2 Å². The normalized spacial score (nSPS) is 11.1. The summed E-state index contributed by atoms with van der Waals surface area (Å²) in [4.78, 5) is 26.8. The van der Waals surface area contributed by atoms with E-state index >= 15 is 0 Å². The lowest BCUT2D eigenvalue weighted by atomic mass is 10.1. The van der Waals surface area contributed by atoms with Gasteiger partial charge in [-0.25, -0.2) is 4.79 Å². The number of carbonyl (C=O) groups excluding carboxylic acids is 2. The Morgan fingerprint density at radius 2 is 1.86 bits per heavy atom. The maximum Gasteiger partial charge on any atom is 0.337 e. The minimum Gasteiger partial charge on any atom is -0.465 e. The Morgan fingerprint density at radius 3 is 2.50 bits per heavy atom. The zero-order valence-corrected chi connectivity index (χ0v) is 17.0. The van der Waals surface area contributed by atoms with E-state index < -0.39 is 0 Å². The van der Waals surface area contributed by atoms with Gasteiger partial charge in [0, 0.05) is 35.9 Å². The van der Waals surface area contributed by atoms with Crippen molar-refractivity contribution in [2.45, 2.75) is 33.2 Å². The van der Waals surface area contributed by atoms with E-state index in [-0.39, 0.29) is 17.9 Å². The number of para-hydroxylation sites is 1. The van der Waals surface area contributed by atoms with Crippen LogP contribution in [-0.2, 0) is 23.0 Å². The molecule has 0 spiro atoms. The predicted molar refractivity (Wildman–Crippen MR) is 112 cm³/mol. The van der Waals surface area contributed by atoms with Crippen molar-refractivity contribution in [2.24, 2.45) is 7.05 Å². The summed E-state index contributed by atoms with van der Waals surface area (Å²) in [5.74, 6) is -0.354. The first-order valence-corrected chi connectivity index (χ1v) is 9.37. The van der Waals surface area contributed by atoms with Gasteiger partial charge >= 0.3 is 5.97 Å². The van der Waals surface area contributed by atoms with Crippen LogP contribution in [0.4, 0.5) is 5.69 Å². The Labute approximate surface area is 165 Å². The van der Waals surface area contributed by atoms with Gasteiger partial charge in [0.05, 0.1) is 19.1 Å². The summed E-state index contributed by atoms with van der Waals surface area (Å²) in [6.45, 7) is 5.89. The fourth-order valence-corrected chi connectivity index (χ4v) is 3.69. The van der Waals surface area contributed by atoms with E-state index in [4.69, 9.17) is 4.74 Å². The number of amides is 1. The number of carbonyl (C=O) groups is 2. The lowest BCUT2D eigenvalue weighted by Gasteiger charge is -2.28. The van der Waals surface area contributed by atoms with Crippen LogP contribution in [0, 0.1) is 6.92 Å². The molecule has 1 amide bonds. The average molecular weight is 378 g/mol. The number of rotatable bonds is 5. The zero-order valence-electron chi connectivity index (χ0n) is 17.0. The van der Waals surface area contributed by atoms with E-state index in [1.807, 2.05) is 62.8 Å². The van der Waals surface area contributed by atoms with E-state index in [1.54, 1.807) is 17.0 Å². The highest BCUT2D eigenvalue weighted by Gasteiger charge is 2.23. The van der Waals surface area contributed by atoms with E-state index in [9.17, 15) is 9.59 Å². The Kier molecular flexibility index (Phi) is 5.54. The number of nitrogens with zero attached hydrogens (tertiary/aromatic N) is 2. The molecule has 5 heteroatoms. The van der Waals surface area contributed by atoms with Crippen LogP contribution < -0.4 is 4.90 Å². The molecule has 0 aliphatic carbocycles. The molecule has 5 nitrogen and oxygen atoms in total. The highest BCUT2D eigenvalue weighted by atomic mass is 16.5. The Hall–Kier alpha value is -3.08. The van der Waals surface area contributed by atoms with Crippen LogP contribution in [0.25, 0.3) is 10.9 Å². The molecule has 0 aliphatic rings. The van der Waals surface area contributed by atoms with E-state index in [1.165, 1.54) is 7.11 Å². The maximum absolute atomic E-state index is 13.3. The molecule has 0 fully saturated rings. The third-order valence-electron chi connectivity index (χ3n) is 4.98. The summed E-state index contributed by atoms with van der Waals surface area (Å²) in [6.07, 6.45) is 2.34. The average Bonchev–Trinajstić information content (AvgIpc) is 2.98. The number of benzene rings is 2. The Balaban J connectivity index is 1.94. The molecule has 1 heterocycles. The standard InChI is InChI=1S/C23H26N2O3/c1-15(2)25(20-11-10-17(12-16(20)3)23(27)28-5)22(26)13-18-14-24(4)21-9-7-6-8-19(18)21/h6-12,14-15H,13H2,1-5H3. The molecule has 3 aromatic rings. The second-order valence-corrected chi connectivity index (χ2v) is 7.31. The topological polar surface area (TPSA) is 51.5 Å². The molecule has 2 aromatic carbocycles. The number of esters is 1. The molecule has 1 aromatic heterocycles. The fraction of sp³-hybridized carbons (Fsp3) is 0.304. The number of fused-ring (bicyclic) bond motifs is 1. The highest BCUT2D eigenvalue weighted by molar-refractivity contribution is 5.99. The van der Waals surface area contributed by atoms with Gasteiger partial charge in [-0.2, -0.15) is 0 Å². The molecule has 3 rings (SSSR count). The largest absolute Gasteiger partial charge is 0.465 e. The maximum atomic E-state index is 13.3. The molecule has 0 atom stereocenters. The smallest absolute Gasteiger partial charge is 0.337 e. The van der Waals surface area contributed by atoms with Gasteiger partial charge in [-0.05, 0) is 56.2 Å². The predicted octanol–water partition coefficient (Wildman–Crippen LogP) is 4.26. The first-order valence-electron chi connectivity index (χ1n) is 9.37. The van der Waals surface area contributed by atoms with Gasteiger partial charge in [0.2, 0.25) is 5.91 Å². The molecule has 0 unspecified atom stereocenters. The van der Waals surface area contributed by atoms with Crippen molar-refractivity contribution in [1.82, 2.24) is 4.57 Å².